The highest BCUT2D eigenvalue weighted by molar-refractivity contribution is 5.51. The Bertz CT molecular complexity index is 372. The van der Waals surface area contributed by atoms with Crippen LogP contribution in [0.1, 0.15) is 18.4 Å². The zero-order chi connectivity index (χ0) is 9.97. The van der Waals surface area contributed by atoms with Gasteiger partial charge in [-0.2, -0.15) is 0 Å². The Kier molecular flexibility index (Phi) is 2.41. The van der Waals surface area contributed by atoms with Gasteiger partial charge < -0.3 is 4.90 Å². The minimum Gasteiger partial charge on any atom is -0.371 e. The Labute approximate surface area is 83.5 Å². The number of nitrogens with zero attached hydrogens (tertiary/aromatic N) is 1. The molecule has 1 heterocycles. The number of hydrogen-bond acceptors (Lipinski definition) is 1. The van der Waals surface area contributed by atoms with Gasteiger partial charge in [0.05, 0.1) is 5.56 Å². The first-order valence-electron chi connectivity index (χ1n) is 4.82. The summed E-state index contributed by atoms with van der Waals surface area (Å²) in [6.45, 7) is 2.05. The third-order valence-electron chi connectivity index (χ3n) is 2.58. The van der Waals surface area contributed by atoms with E-state index in [0.717, 1.165) is 18.8 Å². The van der Waals surface area contributed by atoms with Gasteiger partial charge in [-0.05, 0) is 31.0 Å². The maximum atomic E-state index is 13.3. The van der Waals surface area contributed by atoms with E-state index in [1.165, 1.54) is 18.9 Å². The smallest absolute Gasteiger partial charge is 0.140 e. The van der Waals surface area contributed by atoms with Gasteiger partial charge in [0.15, 0.2) is 0 Å². The summed E-state index contributed by atoms with van der Waals surface area (Å²) in [6.07, 6.45) is 7.54. The van der Waals surface area contributed by atoms with Gasteiger partial charge in [0, 0.05) is 18.8 Å². The van der Waals surface area contributed by atoms with Crippen molar-refractivity contribution in [2.45, 2.75) is 12.8 Å². The topological polar surface area (TPSA) is 3.24 Å². The van der Waals surface area contributed by atoms with E-state index in [1.54, 1.807) is 6.07 Å². The molecule has 72 valence electrons. The summed E-state index contributed by atoms with van der Waals surface area (Å²) in [6, 6.07) is 5.09. The van der Waals surface area contributed by atoms with Crippen molar-refractivity contribution in [2.75, 3.05) is 18.0 Å². The first kappa shape index (κ1) is 9.08. The molecule has 0 aromatic heterocycles. The largest absolute Gasteiger partial charge is 0.371 e. The summed E-state index contributed by atoms with van der Waals surface area (Å²) in [5.74, 6) is 2.02. The van der Waals surface area contributed by atoms with E-state index < -0.39 is 0 Å². The van der Waals surface area contributed by atoms with Gasteiger partial charge >= 0.3 is 0 Å². The lowest BCUT2D eigenvalue weighted by Crippen LogP contribution is -2.17. The number of benzene rings is 1. The number of terminal acetylenes is 1. The van der Waals surface area contributed by atoms with Gasteiger partial charge in [-0.15, -0.1) is 6.42 Å². The van der Waals surface area contributed by atoms with Gasteiger partial charge in [0.2, 0.25) is 0 Å². The van der Waals surface area contributed by atoms with E-state index in [2.05, 4.69) is 10.8 Å². The summed E-state index contributed by atoms with van der Waals surface area (Å²) in [5, 5.41) is 0. The fourth-order valence-electron chi connectivity index (χ4n) is 1.79. The quantitative estimate of drug-likeness (QED) is 0.613. The summed E-state index contributed by atoms with van der Waals surface area (Å²) in [7, 11) is 0. The van der Waals surface area contributed by atoms with E-state index in [4.69, 9.17) is 6.42 Å². The molecule has 0 saturated carbocycles. The lowest BCUT2D eigenvalue weighted by Gasteiger charge is -2.17. The molecule has 0 aliphatic carbocycles. The van der Waals surface area contributed by atoms with Gasteiger partial charge in [0.1, 0.15) is 5.82 Å². The molecule has 0 spiro atoms. The molecule has 0 amide bonds. The summed E-state index contributed by atoms with van der Waals surface area (Å²) in [5.41, 5.74) is 1.28. The molecule has 1 aromatic rings. The van der Waals surface area contributed by atoms with Crippen molar-refractivity contribution in [3.05, 3.63) is 29.6 Å². The molecule has 2 heteroatoms. The van der Waals surface area contributed by atoms with Gasteiger partial charge in [-0.3, -0.25) is 0 Å². The highest BCUT2D eigenvalue weighted by atomic mass is 19.1. The maximum Gasteiger partial charge on any atom is 0.140 e. The molecule has 1 nitrogen and oxygen atoms in total. The van der Waals surface area contributed by atoms with Crippen LogP contribution in [0.25, 0.3) is 0 Å². The lowest BCUT2D eigenvalue weighted by molar-refractivity contribution is 0.624. The third-order valence-corrected chi connectivity index (χ3v) is 2.58. The molecule has 1 fully saturated rings. The van der Waals surface area contributed by atoms with Crippen molar-refractivity contribution >= 4 is 5.69 Å². The first-order chi connectivity index (χ1) is 6.81. The lowest BCUT2D eigenvalue weighted by atomic mass is 10.2. The van der Waals surface area contributed by atoms with Crippen molar-refractivity contribution in [1.82, 2.24) is 0 Å². The molecule has 1 saturated heterocycles. The van der Waals surface area contributed by atoms with Crippen molar-refractivity contribution in [2.24, 2.45) is 0 Å². The number of halogens is 1. The molecule has 2 rings (SSSR count). The van der Waals surface area contributed by atoms with Crippen LogP contribution in [0.5, 0.6) is 0 Å². The molecular formula is C12H12FN. The maximum absolute atomic E-state index is 13.3. The van der Waals surface area contributed by atoms with Crippen LogP contribution in [-0.4, -0.2) is 13.1 Å². The number of hydrogen-bond donors (Lipinski definition) is 0. The molecule has 0 unspecified atom stereocenters. The average molecular weight is 189 g/mol. The minimum absolute atomic E-state index is 0.295. The second-order valence-electron chi connectivity index (χ2n) is 3.50. The van der Waals surface area contributed by atoms with Crippen LogP contribution in [-0.2, 0) is 0 Å². The number of rotatable bonds is 1. The van der Waals surface area contributed by atoms with Gasteiger partial charge in [-0.1, -0.05) is 5.92 Å². The molecular weight excluding hydrogens is 177 g/mol. The first-order valence-corrected chi connectivity index (χ1v) is 4.82. The molecule has 1 aromatic carbocycles. The number of anilines is 1. The second-order valence-corrected chi connectivity index (χ2v) is 3.50. The predicted molar refractivity (Wildman–Crippen MR) is 55.8 cm³/mol. The van der Waals surface area contributed by atoms with Gasteiger partial charge in [-0.25, -0.2) is 4.39 Å². The average Bonchev–Trinajstić information content (AvgIpc) is 2.70. The van der Waals surface area contributed by atoms with Crippen LogP contribution in [0.15, 0.2) is 18.2 Å². The van der Waals surface area contributed by atoms with Crippen LogP contribution in [0.2, 0.25) is 0 Å². The van der Waals surface area contributed by atoms with Crippen molar-refractivity contribution in [1.29, 1.82) is 0 Å². The molecule has 0 N–H and O–H groups in total. The normalized spacial score (nSPS) is 15.6. The standard InChI is InChI=1S/C12H12FN/c1-2-10-5-6-11(9-12(10)13)14-7-3-4-8-14/h1,5-6,9H,3-4,7-8H2. The summed E-state index contributed by atoms with van der Waals surface area (Å²) >= 11 is 0. The molecule has 14 heavy (non-hydrogen) atoms. The highest BCUT2D eigenvalue weighted by Gasteiger charge is 2.13. The fourth-order valence-corrected chi connectivity index (χ4v) is 1.79. The van der Waals surface area contributed by atoms with Crippen molar-refractivity contribution < 1.29 is 4.39 Å². The van der Waals surface area contributed by atoms with Crippen LogP contribution < -0.4 is 4.90 Å². The van der Waals surface area contributed by atoms with Gasteiger partial charge in [0.25, 0.3) is 0 Å². The SMILES string of the molecule is C#Cc1ccc(N2CCCC2)cc1F. The van der Waals surface area contributed by atoms with Crippen LogP contribution in [0, 0.1) is 18.2 Å². The minimum atomic E-state index is -0.295. The second kappa shape index (κ2) is 3.71. The molecule has 0 bridgehead atoms. The Hall–Kier alpha value is -1.49. The van der Waals surface area contributed by atoms with Crippen LogP contribution in [0.4, 0.5) is 10.1 Å². The predicted octanol–water partition coefficient (Wildman–Crippen LogP) is 2.41. The Balaban J connectivity index is 2.28. The Morgan fingerprint density at radius 1 is 1.29 bits per heavy atom. The monoisotopic (exact) mass is 189 g/mol. The Morgan fingerprint density at radius 2 is 2.00 bits per heavy atom. The van der Waals surface area contributed by atoms with E-state index in [1.807, 2.05) is 6.07 Å². The summed E-state index contributed by atoms with van der Waals surface area (Å²) in [4.78, 5) is 2.18. The van der Waals surface area contributed by atoms with E-state index >= 15 is 0 Å². The van der Waals surface area contributed by atoms with Crippen LogP contribution in [0.3, 0.4) is 0 Å². The van der Waals surface area contributed by atoms with Crippen molar-refractivity contribution in [3.63, 3.8) is 0 Å². The highest BCUT2D eigenvalue weighted by Crippen LogP contribution is 2.22. The molecule has 0 radical (unpaired) electrons. The van der Waals surface area contributed by atoms with E-state index in [9.17, 15) is 4.39 Å². The van der Waals surface area contributed by atoms with Crippen LogP contribution >= 0.6 is 0 Å². The third kappa shape index (κ3) is 1.58. The van der Waals surface area contributed by atoms with E-state index in [0.29, 0.717) is 5.56 Å². The molecule has 1 aliphatic rings. The molecule has 0 atom stereocenters. The van der Waals surface area contributed by atoms with E-state index in [-0.39, 0.29) is 5.82 Å². The summed E-state index contributed by atoms with van der Waals surface area (Å²) < 4.78 is 13.3. The zero-order valence-electron chi connectivity index (χ0n) is 7.96. The fraction of sp³-hybridized carbons (Fsp3) is 0.333. The zero-order valence-corrected chi connectivity index (χ0v) is 7.96. The Morgan fingerprint density at radius 3 is 2.57 bits per heavy atom. The van der Waals surface area contributed by atoms with Crippen molar-refractivity contribution in [3.8, 4) is 12.3 Å². The molecule has 1 aliphatic heterocycles.